The average Bonchev–Trinajstić information content (AvgIpc) is 2.04. The maximum absolute atomic E-state index is 5.72. The highest BCUT2D eigenvalue weighted by Gasteiger charge is 2.10. The summed E-state index contributed by atoms with van der Waals surface area (Å²) < 4.78 is 0. The van der Waals surface area contributed by atoms with Crippen LogP contribution in [0.15, 0.2) is 18.3 Å². The van der Waals surface area contributed by atoms with Gasteiger partial charge >= 0.3 is 0 Å². The van der Waals surface area contributed by atoms with Gasteiger partial charge in [0.15, 0.2) is 0 Å². The predicted octanol–water partition coefficient (Wildman–Crippen LogP) is 1.29. The Morgan fingerprint density at radius 1 is 1.50 bits per heavy atom. The molecule has 0 spiro atoms. The molecule has 1 unspecified atom stereocenters. The molecule has 1 heterocycles. The van der Waals surface area contributed by atoms with Crippen LogP contribution in [0.2, 0.25) is 0 Å². The van der Waals surface area contributed by atoms with Crippen LogP contribution in [0.3, 0.4) is 0 Å². The Kier molecular flexibility index (Phi) is 2.65. The summed E-state index contributed by atoms with van der Waals surface area (Å²) in [5.41, 5.74) is 6.81. The van der Waals surface area contributed by atoms with Gasteiger partial charge in [-0.25, -0.2) is 4.98 Å². The fourth-order valence-electron chi connectivity index (χ4n) is 1.06. The van der Waals surface area contributed by atoms with E-state index < -0.39 is 0 Å². The molecule has 0 aliphatic carbocycles. The number of nitrogens with zero attached hydrogens (tertiary/aromatic N) is 2. The second-order valence-corrected chi connectivity index (χ2v) is 3.12. The Labute approximate surface area is 73.2 Å². The van der Waals surface area contributed by atoms with Crippen LogP contribution in [-0.4, -0.2) is 24.0 Å². The number of aromatic nitrogens is 1. The van der Waals surface area contributed by atoms with E-state index in [1.807, 2.05) is 26.2 Å². The number of hydrogen-bond donors (Lipinski definition) is 1. The fourth-order valence-corrected chi connectivity index (χ4v) is 1.06. The highest BCUT2D eigenvalue weighted by molar-refractivity contribution is 5.40. The van der Waals surface area contributed by atoms with Crippen molar-refractivity contribution in [2.24, 2.45) is 0 Å². The summed E-state index contributed by atoms with van der Waals surface area (Å²) in [6.45, 7) is 2.10. The Bertz CT molecular complexity index is 258. The summed E-state index contributed by atoms with van der Waals surface area (Å²) in [6.07, 6.45) is 1.71. The summed E-state index contributed by atoms with van der Waals surface area (Å²) in [6, 6.07) is 4.23. The molecule has 0 saturated heterocycles. The van der Waals surface area contributed by atoms with Crippen molar-refractivity contribution in [2.45, 2.75) is 13.0 Å². The third kappa shape index (κ3) is 1.74. The molecular weight excluding hydrogens is 150 g/mol. The second-order valence-electron chi connectivity index (χ2n) is 3.12. The van der Waals surface area contributed by atoms with Crippen LogP contribution >= 0.6 is 0 Å². The van der Waals surface area contributed by atoms with Crippen molar-refractivity contribution in [1.29, 1.82) is 0 Å². The SMILES string of the molecule is CC(c1cccnc1N)N(C)C. The van der Waals surface area contributed by atoms with E-state index in [0.717, 1.165) is 5.56 Å². The molecule has 0 aliphatic rings. The van der Waals surface area contributed by atoms with E-state index in [0.29, 0.717) is 11.9 Å². The van der Waals surface area contributed by atoms with E-state index in [2.05, 4.69) is 16.8 Å². The molecular formula is C9H15N3. The maximum Gasteiger partial charge on any atom is 0.128 e. The van der Waals surface area contributed by atoms with E-state index >= 15 is 0 Å². The first-order chi connectivity index (χ1) is 5.63. The standard InChI is InChI=1S/C9H15N3/c1-7(12(2)3)8-5-4-6-11-9(8)10/h4-7H,1-3H3,(H2,10,11). The first-order valence-electron chi connectivity index (χ1n) is 3.99. The van der Waals surface area contributed by atoms with Gasteiger partial charge in [0.25, 0.3) is 0 Å². The minimum absolute atomic E-state index is 0.318. The van der Waals surface area contributed by atoms with Crippen LogP contribution in [-0.2, 0) is 0 Å². The fraction of sp³-hybridized carbons (Fsp3) is 0.444. The molecule has 3 nitrogen and oxygen atoms in total. The van der Waals surface area contributed by atoms with Crippen molar-refractivity contribution >= 4 is 5.82 Å². The molecule has 1 atom stereocenters. The minimum Gasteiger partial charge on any atom is -0.383 e. The molecule has 0 bridgehead atoms. The molecule has 2 N–H and O–H groups in total. The smallest absolute Gasteiger partial charge is 0.128 e. The topological polar surface area (TPSA) is 42.1 Å². The third-order valence-corrected chi connectivity index (χ3v) is 2.10. The van der Waals surface area contributed by atoms with Crippen LogP contribution < -0.4 is 5.73 Å². The van der Waals surface area contributed by atoms with Gasteiger partial charge in [0.1, 0.15) is 5.82 Å². The van der Waals surface area contributed by atoms with Gasteiger partial charge in [0, 0.05) is 17.8 Å². The molecule has 66 valence electrons. The summed E-state index contributed by atoms with van der Waals surface area (Å²) in [5.74, 6) is 0.624. The van der Waals surface area contributed by atoms with Gasteiger partial charge in [-0.1, -0.05) is 6.07 Å². The zero-order valence-electron chi connectivity index (χ0n) is 7.78. The molecule has 12 heavy (non-hydrogen) atoms. The van der Waals surface area contributed by atoms with Gasteiger partial charge in [-0.15, -0.1) is 0 Å². The molecule has 0 amide bonds. The van der Waals surface area contributed by atoms with Gasteiger partial charge in [-0.05, 0) is 27.1 Å². The Balaban J connectivity index is 2.94. The highest BCUT2D eigenvalue weighted by atomic mass is 15.1. The Hall–Kier alpha value is -1.09. The maximum atomic E-state index is 5.72. The lowest BCUT2D eigenvalue weighted by molar-refractivity contribution is 0.321. The molecule has 1 aromatic rings. The Morgan fingerprint density at radius 2 is 2.17 bits per heavy atom. The summed E-state index contributed by atoms with van der Waals surface area (Å²) in [5, 5.41) is 0. The van der Waals surface area contributed by atoms with Crippen LogP contribution in [0, 0.1) is 0 Å². The lowest BCUT2D eigenvalue weighted by Gasteiger charge is -2.20. The average molecular weight is 165 g/mol. The van der Waals surface area contributed by atoms with E-state index in [4.69, 9.17) is 5.73 Å². The first-order valence-corrected chi connectivity index (χ1v) is 3.99. The summed E-state index contributed by atoms with van der Waals surface area (Å²) in [7, 11) is 4.05. The molecule has 1 rings (SSSR count). The van der Waals surface area contributed by atoms with E-state index in [-0.39, 0.29) is 0 Å². The Morgan fingerprint density at radius 3 is 2.67 bits per heavy atom. The summed E-state index contributed by atoms with van der Waals surface area (Å²) >= 11 is 0. The monoisotopic (exact) mass is 165 g/mol. The lowest BCUT2D eigenvalue weighted by atomic mass is 10.1. The van der Waals surface area contributed by atoms with Crippen LogP contribution in [0.25, 0.3) is 0 Å². The van der Waals surface area contributed by atoms with Crippen LogP contribution in [0.4, 0.5) is 5.82 Å². The van der Waals surface area contributed by atoms with Crippen molar-refractivity contribution in [1.82, 2.24) is 9.88 Å². The predicted molar refractivity (Wildman–Crippen MR) is 50.8 cm³/mol. The zero-order valence-corrected chi connectivity index (χ0v) is 7.78. The number of rotatable bonds is 2. The number of nitrogen functional groups attached to an aromatic ring is 1. The summed E-state index contributed by atoms with van der Waals surface area (Å²) in [4.78, 5) is 6.14. The van der Waals surface area contributed by atoms with Crippen molar-refractivity contribution in [3.63, 3.8) is 0 Å². The van der Waals surface area contributed by atoms with Gasteiger partial charge in [0.05, 0.1) is 0 Å². The van der Waals surface area contributed by atoms with Crippen molar-refractivity contribution in [3.05, 3.63) is 23.9 Å². The normalized spacial score (nSPS) is 13.3. The third-order valence-electron chi connectivity index (χ3n) is 2.10. The number of anilines is 1. The van der Waals surface area contributed by atoms with Gasteiger partial charge < -0.3 is 10.6 Å². The van der Waals surface area contributed by atoms with E-state index in [9.17, 15) is 0 Å². The molecule has 3 heteroatoms. The highest BCUT2D eigenvalue weighted by Crippen LogP contribution is 2.20. The first kappa shape index (κ1) is 9.00. The number of nitrogens with two attached hydrogens (primary N) is 1. The van der Waals surface area contributed by atoms with Crippen molar-refractivity contribution in [3.8, 4) is 0 Å². The molecule has 1 aromatic heterocycles. The minimum atomic E-state index is 0.318. The van der Waals surface area contributed by atoms with Crippen molar-refractivity contribution in [2.75, 3.05) is 19.8 Å². The van der Waals surface area contributed by atoms with E-state index in [1.54, 1.807) is 6.20 Å². The van der Waals surface area contributed by atoms with Gasteiger partial charge in [-0.3, -0.25) is 0 Å². The van der Waals surface area contributed by atoms with Crippen molar-refractivity contribution < 1.29 is 0 Å². The molecule has 0 aromatic carbocycles. The van der Waals surface area contributed by atoms with Crippen LogP contribution in [0.5, 0.6) is 0 Å². The van der Waals surface area contributed by atoms with E-state index in [1.165, 1.54) is 0 Å². The van der Waals surface area contributed by atoms with Gasteiger partial charge in [0.2, 0.25) is 0 Å². The zero-order chi connectivity index (χ0) is 9.14. The molecule has 0 fully saturated rings. The van der Waals surface area contributed by atoms with Crippen LogP contribution in [0.1, 0.15) is 18.5 Å². The largest absolute Gasteiger partial charge is 0.383 e. The van der Waals surface area contributed by atoms with Gasteiger partial charge in [-0.2, -0.15) is 0 Å². The second kappa shape index (κ2) is 3.54. The quantitative estimate of drug-likeness (QED) is 0.718. The number of pyridine rings is 1. The lowest BCUT2D eigenvalue weighted by Crippen LogP contribution is -2.18. The molecule has 0 aliphatic heterocycles. The number of hydrogen-bond acceptors (Lipinski definition) is 3. The molecule has 0 saturated carbocycles. The molecule has 0 radical (unpaired) electrons.